The van der Waals surface area contributed by atoms with E-state index in [1.165, 1.54) is 6.07 Å². The highest BCUT2D eigenvalue weighted by Gasteiger charge is 2.25. The van der Waals surface area contributed by atoms with Crippen molar-refractivity contribution in [2.45, 2.75) is 32.7 Å². The normalized spacial score (nSPS) is 11.6. The van der Waals surface area contributed by atoms with Gasteiger partial charge in [0.15, 0.2) is 0 Å². The molecule has 0 aliphatic rings. The number of aromatic nitrogens is 3. The van der Waals surface area contributed by atoms with Crippen LogP contribution in [0.5, 0.6) is 0 Å². The van der Waals surface area contributed by atoms with Gasteiger partial charge in [0.05, 0.1) is 23.0 Å². The molecule has 1 amide bonds. The first-order chi connectivity index (χ1) is 14.9. The molecule has 1 N–H and O–H groups in total. The van der Waals surface area contributed by atoms with Crippen LogP contribution in [0.2, 0.25) is 0 Å². The van der Waals surface area contributed by atoms with E-state index in [2.05, 4.69) is 10.4 Å². The predicted octanol–water partition coefficient (Wildman–Crippen LogP) is 4.96. The highest BCUT2D eigenvalue weighted by atomic mass is 19.1. The van der Waals surface area contributed by atoms with Crippen molar-refractivity contribution in [1.29, 1.82) is 0 Å². The first kappa shape index (κ1) is 20.7. The smallest absolute Gasteiger partial charge is 0.252 e. The molecule has 2 aromatic carbocycles. The van der Waals surface area contributed by atoms with Crippen LogP contribution in [0, 0.1) is 5.82 Å². The Kier molecular flexibility index (Phi) is 5.55. The van der Waals surface area contributed by atoms with Crippen molar-refractivity contribution in [2.24, 2.45) is 0 Å². The average Bonchev–Trinajstić information content (AvgIpc) is 3.26. The topological polar surface area (TPSA) is 59.8 Å². The number of carbonyl (C=O) groups is 1. The minimum atomic E-state index is -0.561. The van der Waals surface area contributed by atoms with E-state index < -0.39 is 5.41 Å². The summed E-state index contributed by atoms with van der Waals surface area (Å²) in [6.07, 6.45) is 3.67. The van der Waals surface area contributed by atoms with Gasteiger partial charge >= 0.3 is 0 Å². The van der Waals surface area contributed by atoms with Gasteiger partial charge in [-0.25, -0.2) is 9.37 Å². The van der Waals surface area contributed by atoms with Crippen molar-refractivity contribution in [3.63, 3.8) is 0 Å². The van der Waals surface area contributed by atoms with Crippen LogP contribution in [-0.2, 0) is 12.0 Å². The first-order valence-corrected chi connectivity index (χ1v) is 10.3. The third-order valence-electron chi connectivity index (χ3n) is 5.51. The van der Waals surface area contributed by atoms with Crippen LogP contribution in [-0.4, -0.2) is 27.2 Å². The third-order valence-corrected chi connectivity index (χ3v) is 5.51. The summed E-state index contributed by atoms with van der Waals surface area (Å²) in [5.74, 6) is -0.488. The zero-order valence-corrected chi connectivity index (χ0v) is 17.9. The Hall–Kier alpha value is -3.54. The SMILES string of the molecule is CCn1cc(-c2cc(C(=O)NCC(C)(C)c3ccccc3F)c3ccccc3n2)cn1. The zero-order chi connectivity index (χ0) is 22.0. The summed E-state index contributed by atoms with van der Waals surface area (Å²) in [6.45, 7) is 6.90. The lowest BCUT2D eigenvalue weighted by Gasteiger charge is -2.26. The number of aryl methyl sites for hydroxylation is 1. The molecule has 2 heterocycles. The number of hydrogen-bond acceptors (Lipinski definition) is 3. The van der Waals surface area contributed by atoms with Crippen LogP contribution in [0.25, 0.3) is 22.2 Å². The number of fused-ring (bicyclic) bond motifs is 1. The van der Waals surface area contributed by atoms with Gasteiger partial charge in [0, 0.05) is 35.7 Å². The van der Waals surface area contributed by atoms with E-state index in [0.717, 1.165) is 23.0 Å². The molecule has 0 saturated heterocycles. The lowest BCUT2D eigenvalue weighted by molar-refractivity contribution is 0.0947. The molecule has 4 rings (SSSR count). The summed E-state index contributed by atoms with van der Waals surface area (Å²) >= 11 is 0. The number of halogens is 1. The number of rotatable bonds is 6. The van der Waals surface area contributed by atoms with Crippen LogP contribution in [0.4, 0.5) is 4.39 Å². The van der Waals surface area contributed by atoms with Gasteiger partial charge in [-0.1, -0.05) is 50.2 Å². The molecule has 0 radical (unpaired) electrons. The molecule has 4 aromatic rings. The van der Waals surface area contributed by atoms with Gasteiger partial charge in [-0.05, 0) is 30.7 Å². The van der Waals surface area contributed by atoms with Crippen LogP contribution in [0.15, 0.2) is 67.0 Å². The van der Waals surface area contributed by atoms with E-state index >= 15 is 0 Å². The van der Waals surface area contributed by atoms with Crippen molar-refractivity contribution < 1.29 is 9.18 Å². The molecule has 2 aromatic heterocycles. The fraction of sp³-hybridized carbons (Fsp3) is 0.240. The molecule has 0 aliphatic carbocycles. The Labute approximate surface area is 180 Å². The Morgan fingerprint density at radius 1 is 1.13 bits per heavy atom. The Morgan fingerprint density at radius 3 is 2.61 bits per heavy atom. The van der Waals surface area contributed by atoms with Gasteiger partial charge in [0.25, 0.3) is 5.91 Å². The highest BCUT2D eigenvalue weighted by Crippen LogP contribution is 2.27. The summed E-state index contributed by atoms with van der Waals surface area (Å²) < 4.78 is 16.1. The zero-order valence-electron chi connectivity index (χ0n) is 17.9. The van der Waals surface area contributed by atoms with Crippen molar-refractivity contribution >= 4 is 16.8 Å². The predicted molar refractivity (Wildman–Crippen MR) is 120 cm³/mol. The van der Waals surface area contributed by atoms with E-state index in [1.807, 2.05) is 55.9 Å². The summed E-state index contributed by atoms with van der Waals surface area (Å²) in [5, 5.41) is 8.09. The molecule has 0 spiro atoms. The molecule has 6 heteroatoms. The molecule has 5 nitrogen and oxygen atoms in total. The van der Waals surface area contributed by atoms with Crippen LogP contribution in [0.3, 0.4) is 0 Å². The largest absolute Gasteiger partial charge is 0.351 e. The lowest BCUT2D eigenvalue weighted by Crippen LogP contribution is -2.37. The number of para-hydroxylation sites is 1. The maximum absolute atomic E-state index is 14.3. The summed E-state index contributed by atoms with van der Waals surface area (Å²) in [5.41, 5.74) is 2.83. The van der Waals surface area contributed by atoms with Crippen LogP contribution < -0.4 is 5.32 Å². The summed E-state index contributed by atoms with van der Waals surface area (Å²) in [4.78, 5) is 17.9. The van der Waals surface area contributed by atoms with Crippen LogP contribution >= 0.6 is 0 Å². The molecule has 0 aliphatic heterocycles. The second-order valence-electron chi connectivity index (χ2n) is 8.20. The van der Waals surface area contributed by atoms with Crippen LogP contribution in [0.1, 0.15) is 36.7 Å². The molecule has 0 bridgehead atoms. The summed E-state index contributed by atoms with van der Waals surface area (Å²) in [7, 11) is 0. The Morgan fingerprint density at radius 2 is 1.87 bits per heavy atom. The number of pyridine rings is 1. The minimum Gasteiger partial charge on any atom is -0.351 e. The molecule has 158 valence electrons. The second-order valence-corrected chi connectivity index (χ2v) is 8.20. The molecule has 0 fully saturated rings. The maximum Gasteiger partial charge on any atom is 0.252 e. The molecule has 0 atom stereocenters. The average molecular weight is 417 g/mol. The Bertz CT molecular complexity index is 1250. The molecular formula is C25H25FN4O. The number of nitrogens with one attached hydrogen (secondary N) is 1. The molecule has 0 unspecified atom stereocenters. The molecular weight excluding hydrogens is 391 g/mol. The van der Waals surface area contributed by atoms with Gasteiger partial charge in [0.2, 0.25) is 0 Å². The van der Waals surface area contributed by atoms with Gasteiger partial charge in [-0.15, -0.1) is 0 Å². The number of amides is 1. The van der Waals surface area contributed by atoms with Crippen molar-refractivity contribution in [3.05, 3.63) is 83.9 Å². The van der Waals surface area contributed by atoms with Gasteiger partial charge in [-0.2, -0.15) is 5.10 Å². The van der Waals surface area contributed by atoms with E-state index in [1.54, 1.807) is 30.5 Å². The van der Waals surface area contributed by atoms with Crippen molar-refractivity contribution in [2.75, 3.05) is 6.54 Å². The minimum absolute atomic E-state index is 0.216. The fourth-order valence-corrected chi connectivity index (χ4v) is 3.68. The maximum atomic E-state index is 14.3. The Balaban J connectivity index is 1.66. The molecule has 31 heavy (non-hydrogen) atoms. The second kappa shape index (κ2) is 8.30. The van der Waals surface area contributed by atoms with Crippen molar-refractivity contribution in [3.8, 4) is 11.3 Å². The standard InChI is InChI=1S/C25H25FN4O/c1-4-30-15-17(14-28-30)23-13-19(18-9-5-8-12-22(18)29-23)24(31)27-16-25(2,3)20-10-6-7-11-21(20)26/h5-15H,4,16H2,1-3H3,(H,27,31). The third kappa shape index (κ3) is 4.19. The first-order valence-electron chi connectivity index (χ1n) is 10.3. The lowest BCUT2D eigenvalue weighted by atomic mass is 9.84. The monoisotopic (exact) mass is 416 g/mol. The summed E-state index contributed by atoms with van der Waals surface area (Å²) in [6, 6.07) is 16.0. The van der Waals surface area contributed by atoms with Crippen molar-refractivity contribution in [1.82, 2.24) is 20.1 Å². The van der Waals surface area contributed by atoms with Gasteiger partial charge in [0.1, 0.15) is 5.82 Å². The van der Waals surface area contributed by atoms with E-state index in [9.17, 15) is 9.18 Å². The van der Waals surface area contributed by atoms with E-state index in [-0.39, 0.29) is 11.7 Å². The highest BCUT2D eigenvalue weighted by molar-refractivity contribution is 6.07. The fourth-order valence-electron chi connectivity index (χ4n) is 3.68. The number of nitrogens with zero attached hydrogens (tertiary/aromatic N) is 3. The van der Waals surface area contributed by atoms with Gasteiger partial charge < -0.3 is 5.32 Å². The molecule has 0 saturated carbocycles. The quantitative estimate of drug-likeness (QED) is 0.483. The number of benzene rings is 2. The number of carbonyl (C=O) groups excluding carboxylic acids is 1. The van der Waals surface area contributed by atoms with E-state index in [0.29, 0.717) is 23.4 Å². The van der Waals surface area contributed by atoms with E-state index in [4.69, 9.17) is 4.98 Å². The number of hydrogen-bond donors (Lipinski definition) is 1. The van der Waals surface area contributed by atoms with Gasteiger partial charge in [-0.3, -0.25) is 9.48 Å².